The standard InChI is InChI=1S/C9H17NO2/c1-5-6-8(4)12-10-9(11)7(2)3/h8H,2,5-6H2,1,3-4H3,(H,10,11). The molecule has 70 valence electrons. The number of carbonyl (C=O) groups excluding carboxylic acids is 1. The van der Waals surface area contributed by atoms with E-state index in [4.69, 9.17) is 4.84 Å². The summed E-state index contributed by atoms with van der Waals surface area (Å²) in [7, 11) is 0. The molecule has 0 saturated carbocycles. The third kappa shape index (κ3) is 4.91. The lowest BCUT2D eigenvalue weighted by Gasteiger charge is -2.11. The summed E-state index contributed by atoms with van der Waals surface area (Å²) in [5.41, 5.74) is 2.79. The lowest BCUT2D eigenvalue weighted by molar-refractivity contribution is -0.133. The van der Waals surface area contributed by atoms with Crippen LogP contribution in [0.2, 0.25) is 0 Å². The molecule has 0 bridgehead atoms. The van der Waals surface area contributed by atoms with E-state index < -0.39 is 0 Å². The van der Waals surface area contributed by atoms with Gasteiger partial charge in [-0.15, -0.1) is 0 Å². The fourth-order valence-electron chi connectivity index (χ4n) is 0.707. The minimum atomic E-state index is -0.252. The maximum Gasteiger partial charge on any atom is 0.269 e. The first kappa shape index (κ1) is 11.2. The molecule has 0 aromatic heterocycles. The number of nitrogens with one attached hydrogen (secondary N) is 1. The van der Waals surface area contributed by atoms with Crippen molar-refractivity contribution in [1.82, 2.24) is 5.48 Å². The van der Waals surface area contributed by atoms with Gasteiger partial charge in [0.25, 0.3) is 5.91 Å². The van der Waals surface area contributed by atoms with Crippen molar-refractivity contribution in [1.29, 1.82) is 0 Å². The van der Waals surface area contributed by atoms with Crippen molar-refractivity contribution in [2.45, 2.75) is 39.7 Å². The quantitative estimate of drug-likeness (QED) is 0.506. The molecule has 0 radical (unpaired) electrons. The monoisotopic (exact) mass is 171 g/mol. The summed E-state index contributed by atoms with van der Waals surface area (Å²) in [4.78, 5) is 16.0. The highest BCUT2D eigenvalue weighted by atomic mass is 16.7. The zero-order chi connectivity index (χ0) is 9.56. The topological polar surface area (TPSA) is 38.3 Å². The van der Waals surface area contributed by atoms with Gasteiger partial charge in [0.05, 0.1) is 6.10 Å². The van der Waals surface area contributed by atoms with Crippen LogP contribution in [0.15, 0.2) is 12.2 Å². The van der Waals surface area contributed by atoms with E-state index in [1.54, 1.807) is 6.92 Å². The first-order valence-corrected chi connectivity index (χ1v) is 4.19. The molecular formula is C9H17NO2. The molecular weight excluding hydrogens is 154 g/mol. The van der Waals surface area contributed by atoms with Gasteiger partial charge in [-0.3, -0.25) is 9.63 Å². The SMILES string of the molecule is C=C(C)C(=O)NOC(C)CCC. The molecule has 3 heteroatoms. The molecule has 1 N–H and O–H groups in total. The van der Waals surface area contributed by atoms with Gasteiger partial charge in [-0.2, -0.15) is 0 Å². The van der Waals surface area contributed by atoms with E-state index in [1.165, 1.54) is 0 Å². The Hall–Kier alpha value is -0.830. The molecule has 12 heavy (non-hydrogen) atoms. The van der Waals surface area contributed by atoms with E-state index in [9.17, 15) is 4.79 Å². The van der Waals surface area contributed by atoms with Gasteiger partial charge in [0.15, 0.2) is 0 Å². The normalized spacial score (nSPS) is 12.2. The number of hydrogen-bond donors (Lipinski definition) is 1. The van der Waals surface area contributed by atoms with Crippen LogP contribution < -0.4 is 5.48 Å². The smallest absolute Gasteiger partial charge is 0.269 e. The van der Waals surface area contributed by atoms with Crippen LogP contribution in [0, 0.1) is 0 Å². The van der Waals surface area contributed by atoms with Crippen LogP contribution in [0.5, 0.6) is 0 Å². The van der Waals surface area contributed by atoms with Crippen molar-refractivity contribution in [3.05, 3.63) is 12.2 Å². The average molecular weight is 171 g/mol. The van der Waals surface area contributed by atoms with Crippen molar-refractivity contribution < 1.29 is 9.63 Å². The molecule has 3 nitrogen and oxygen atoms in total. The molecule has 0 aromatic carbocycles. The minimum Gasteiger partial charge on any atom is -0.270 e. The maximum atomic E-state index is 10.9. The third-order valence-electron chi connectivity index (χ3n) is 1.44. The molecule has 1 amide bonds. The van der Waals surface area contributed by atoms with Crippen LogP contribution >= 0.6 is 0 Å². The molecule has 0 rings (SSSR count). The molecule has 0 saturated heterocycles. The van der Waals surface area contributed by atoms with Crippen LogP contribution in [-0.2, 0) is 9.63 Å². The highest BCUT2D eigenvalue weighted by molar-refractivity contribution is 5.91. The molecule has 0 aliphatic heterocycles. The maximum absolute atomic E-state index is 10.9. The lowest BCUT2D eigenvalue weighted by Crippen LogP contribution is -2.28. The Kier molecular flexibility index (Phi) is 5.37. The Morgan fingerprint density at radius 2 is 2.25 bits per heavy atom. The molecule has 0 fully saturated rings. The highest BCUT2D eigenvalue weighted by Crippen LogP contribution is 1.98. The Bertz CT molecular complexity index is 166. The summed E-state index contributed by atoms with van der Waals surface area (Å²) in [5, 5.41) is 0. The number of carbonyl (C=O) groups is 1. The van der Waals surface area contributed by atoms with Crippen LogP contribution in [0.4, 0.5) is 0 Å². The molecule has 0 heterocycles. The fraction of sp³-hybridized carbons (Fsp3) is 0.667. The molecule has 0 spiro atoms. The van der Waals surface area contributed by atoms with Gasteiger partial charge in [-0.25, -0.2) is 5.48 Å². The molecule has 0 aliphatic carbocycles. The second kappa shape index (κ2) is 5.77. The first-order chi connectivity index (χ1) is 5.57. The molecule has 0 aliphatic rings. The Balaban J connectivity index is 3.54. The van der Waals surface area contributed by atoms with Gasteiger partial charge in [0.2, 0.25) is 0 Å². The Morgan fingerprint density at radius 3 is 2.67 bits per heavy atom. The average Bonchev–Trinajstić information content (AvgIpc) is 2.00. The van der Waals surface area contributed by atoms with Crippen LogP contribution in [0.1, 0.15) is 33.6 Å². The van der Waals surface area contributed by atoms with Gasteiger partial charge in [0.1, 0.15) is 0 Å². The number of rotatable bonds is 5. The second-order valence-electron chi connectivity index (χ2n) is 2.93. The van der Waals surface area contributed by atoms with E-state index in [2.05, 4.69) is 19.0 Å². The predicted molar refractivity (Wildman–Crippen MR) is 48.4 cm³/mol. The largest absolute Gasteiger partial charge is 0.270 e. The van der Waals surface area contributed by atoms with E-state index in [0.29, 0.717) is 5.57 Å². The molecule has 1 atom stereocenters. The third-order valence-corrected chi connectivity index (χ3v) is 1.44. The lowest BCUT2D eigenvalue weighted by atomic mass is 10.2. The van der Waals surface area contributed by atoms with Gasteiger partial charge < -0.3 is 0 Å². The van der Waals surface area contributed by atoms with Crippen LogP contribution in [0.25, 0.3) is 0 Å². The zero-order valence-corrected chi connectivity index (χ0v) is 8.02. The fourth-order valence-corrected chi connectivity index (χ4v) is 0.707. The van der Waals surface area contributed by atoms with Gasteiger partial charge in [-0.1, -0.05) is 19.9 Å². The Morgan fingerprint density at radius 1 is 1.67 bits per heavy atom. The van der Waals surface area contributed by atoms with Gasteiger partial charge in [-0.05, 0) is 20.3 Å². The van der Waals surface area contributed by atoms with Crippen LogP contribution in [-0.4, -0.2) is 12.0 Å². The van der Waals surface area contributed by atoms with E-state index in [1.807, 2.05) is 6.92 Å². The summed E-state index contributed by atoms with van der Waals surface area (Å²) in [6.45, 7) is 9.12. The van der Waals surface area contributed by atoms with E-state index >= 15 is 0 Å². The van der Waals surface area contributed by atoms with Crippen molar-refractivity contribution in [2.24, 2.45) is 0 Å². The van der Waals surface area contributed by atoms with E-state index in [-0.39, 0.29) is 12.0 Å². The summed E-state index contributed by atoms with van der Waals surface area (Å²) >= 11 is 0. The Labute approximate surface area is 73.7 Å². The number of hydroxylamine groups is 1. The predicted octanol–water partition coefficient (Wildman–Crippen LogP) is 1.80. The first-order valence-electron chi connectivity index (χ1n) is 4.19. The van der Waals surface area contributed by atoms with Crippen molar-refractivity contribution >= 4 is 5.91 Å². The van der Waals surface area contributed by atoms with Crippen LogP contribution in [0.3, 0.4) is 0 Å². The summed E-state index contributed by atoms with van der Waals surface area (Å²) in [6, 6.07) is 0. The molecule has 1 unspecified atom stereocenters. The summed E-state index contributed by atoms with van der Waals surface area (Å²) in [6.07, 6.45) is 2.05. The van der Waals surface area contributed by atoms with Crippen molar-refractivity contribution in [2.75, 3.05) is 0 Å². The van der Waals surface area contributed by atoms with Crippen molar-refractivity contribution in [3.63, 3.8) is 0 Å². The summed E-state index contributed by atoms with van der Waals surface area (Å²) in [5.74, 6) is -0.252. The van der Waals surface area contributed by atoms with Gasteiger partial charge >= 0.3 is 0 Å². The molecule has 0 aromatic rings. The van der Waals surface area contributed by atoms with Gasteiger partial charge in [0, 0.05) is 5.57 Å². The van der Waals surface area contributed by atoms with E-state index in [0.717, 1.165) is 12.8 Å². The number of hydrogen-bond acceptors (Lipinski definition) is 2. The minimum absolute atomic E-state index is 0.0679. The zero-order valence-electron chi connectivity index (χ0n) is 8.02. The highest BCUT2D eigenvalue weighted by Gasteiger charge is 2.04. The second-order valence-corrected chi connectivity index (χ2v) is 2.93. The summed E-state index contributed by atoms with van der Waals surface area (Å²) < 4.78 is 0. The van der Waals surface area contributed by atoms with Crippen molar-refractivity contribution in [3.8, 4) is 0 Å². The number of amides is 1.